The van der Waals surface area contributed by atoms with Crippen LogP contribution in [0.15, 0.2) is 48.5 Å². The lowest BCUT2D eigenvalue weighted by Crippen LogP contribution is -2.19. The van der Waals surface area contributed by atoms with Gasteiger partial charge in [0.2, 0.25) is 0 Å². The first kappa shape index (κ1) is 14.9. The Morgan fingerprint density at radius 1 is 1.05 bits per heavy atom. The van der Waals surface area contributed by atoms with Gasteiger partial charge in [0.25, 0.3) is 0 Å². The summed E-state index contributed by atoms with van der Waals surface area (Å²) in [5, 5.41) is 10.9. The highest BCUT2D eigenvalue weighted by Gasteiger charge is 2.00. The molecular formula is C16H18N2O3. The molecule has 5 heteroatoms. The van der Waals surface area contributed by atoms with Crippen molar-refractivity contribution in [2.24, 2.45) is 0 Å². The summed E-state index contributed by atoms with van der Waals surface area (Å²) in [6.07, 6.45) is -1.03. The Bertz CT molecular complexity index is 614. The number of rotatable bonds is 6. The van der Waals surface area contributed by atoms with E-state index in [0.717, 1.165) is 22.4 Å². The van der Waals surface area contributed by atoms with Crippen molar-refractivity contribution in [3.8, 4) is 0 Å². The second-order valence-electron chi connectivity index (χ2n) is 4.72. The molecule has 4 N–H and O–H groups in total. The fourth-order valence-corrected chi connectivity index (χ4v) is 1.98. The third kappa shape index (κ3) is 5.16. The van der Waals surface area contributed by atoms with Crippen molar-refractivity contribution in [3.05, 3.63) is 65.2 Å². The number of anilines is 1. The smallest absolute Gasteiger partial charge is 0.404 e. The molecule has 0 atom stereocenters. The van der Waals surface area contributed by atoms with Crippen LogP contribution in [0.4, 0.5) is 10.5 Å². The van der Waals surface area contributed by atoms with Gasteiger partial charge in [0, 0.05) is 12.2 Å². The third-order valence-corrected chi connectivity index (χ3v) is 2.92. The number of hydrogen-bond donors (Lipinski definition) is 3. The fraction of sp³-hybridized carbons (Fsp3) is 0.188. The Kier molecular flexibility index (Phi) is 5.17. The first-order valence-electron chi connectivity index (χ1n) is 6.60. The van der Waals surface area contributed by atoms with Crippen LogP contribution in [-0.2, 0) is 24.5 Å². The van der Waals surface area contributed by atoms with E-state index in [9.17, 15) is 4.79 Å². The van der Waals surface area contributed by atoms with Gasteiger partial charge in [0.1, 0.15) is 0 Å². The summed E-state index contributed by atoms with van der Waals surface area (Å²) in [5.41, 5.74) is 9.36. The Balaban J connectivity index is 1.85. The van der Waals surface area contributed by atoms with E-state index in [0.29, 0.717) is 19.8 Å². The molecule has 0 aromatic heterocycles. The average molecular weight is 286 g/mol. The minimum Gasteiger partial charge on any atom is -0.465 e. The molecule has 2 aromatic rings. The van der Waals surface area contributed by atoms with E-state index in [1.807, 2.05) is 48.5 Å². The summed E-state index contributed by atoms with van der Waals surface area (Å²) < 4.78 is 5.65. The molecule has 0 spiro atoms. The molecule has 0 bridgehead atoms. The van der Waals surface area contributed by atoms with E-state index in [4.69, 9.17) is 15.6 Å². The van der Waals surface area contributed by atoms with Crippen LogP contribution < -0.4 is 11.1 Å². The number of hydrogen-bond acceptors (Lipinski definition) is 3. The van der Waals surface area contributed by atoms with E-state index in [2.05, 4.69) is 5.32 Å². The van der Waals surface area contributed by atoms with Gasteiger partial charge in [-0.2, -0.15) is 0 Å². The van der Waals surface area contributed by atoms with Crippen LogP contribution in [0, 0.1) is 0 Å². The molecular weight excluding hydrogens is 268 g/mol. The number of ether oxygens (including phenoxy) is 1. The van der Waals surface area contributed by atoms with Gasteiger partial charge in [-0.1, -0.05) is 36.4 Å². The zero-order valence-electron chi connectivity index (χ0n) is 11.6. The van der Waals surface area contributed by atoms with Crippen molar-refractivity contribution >= 4 is 11.8 Å². The van der Waals surface area contributed by atoms with Gasteiger partial charge >= 0.3 is 6.09 Å². The molecule has 21 heavy (non-hydrogen) atoms. The quantitative estimate of drug-likeness (QED) is 0.713. The van der Waals surface area contributed by atoms with E-state index in [1.54, 1.807) is 0 Å². The maximum Gasteiger partial charge on any atom is 0.404 e. The standard InChI is InChI=1S/C16H18N2O3/c17-15-6-2-5-14(8-15)11-21-10-13-4-1-3-12(7-13)9-18-16(19)20/h1-8,18H,9-11,17H2,(H,19,20). The van der Waals surface area contributed by atoms with Crippen LogP contribution in [0.1, 0.15) is 16.7 Å². The Hall–Kier alpha value is -2.53. The SMILES string of the molecule is Nc1cccc(COCc2cccc(CNC(=O)O)c2)c1. The molecule has 1 amide bonds. The molecule has 2 rings (SSSR count). The van der Waals surface area contributed by atoms with Crippen LogP contribution >= 0.6 is 0 Å². The molecule has 0 radical (unpaired) electrons. The molecule has 5 nitrogen and oxygen atoms in total. The zero-order chi connectivity index (χ0) is 15.1. The first-order chi connectivity index (χ1) is 10.1. The fourth-order valence-electron chi connectivity index (χ4n) is 1.98. The highest BCUT2D eigenvalue weighted by molar-refractivity contribution is 5.64. The molecule has 0 aliphatic carbocycles. The Labute approximate surface area is 123 Å². The van der Waals surface area contributed by atoms with Crippen molar-refractivity contribution in [2.45, 2.75) is 19.8 Å². The summed E-state index contributed by atoms with van der Waals surface area (Å²) in [6.45, 7) is 1.25. The van der Waals surface area contributed by atoms with Crippen molar-refractivity contribution in [2.75, 3.05) is 5.73 Å². The predicted octanol–water partition coefficient (Wildman–Crippen LogP) is 2.75. The maximum absolute atomic E-state index is 10.5. The molecule has 0 saturated carbocycles. The lowest BCUT2D eigenvalue weighted by molar-refractivity contribution is 0.107. The van der Waals surface area contributed by atoms with Crippen molar-refractivity contribution < 1.29 is 14.6 Å². The summed E-state index contributed by atoms with van der Waals surface area (Å²) in [7, 11) is 0. The van der Waals surface area contributed by atoms with E-state index >= 15 is 0 Å². The van der Waals surface area contributed by atoms with Crippen molar-refractivity contribution in [1.82, 2.24) is 5.32 Å². The Morgan fingerprint density at radius 2 is 1.67 bits per heavy atom. The highest BCUT2D eigenvalue weighted by Crippen LogP contribution is 2.11. The van der Waals surface area contributed by atoms with Gasteiger partial charge in [-0.25, -0.2) is 4.79 Å². The number of carboxylic acid groups (broad SMARTS) is 1. The molecule has 0 aliphatic rings. The Morgan fingerprint density at radius 3 is 2.33 bits per heavy atom. The van der Waals surface area contributed by atoms with Crippen LogP contribution in [0.2, 0.25) is 0 Å². The molecule has 0 aliphatic heterocycles. The monoisotopic (exact) mass is 286 g/mol. The molecule has 0 fully saturated rings. The van der Waals surface area contributed by atoms with Gasteiger partial charge in [-0.15, -0.1) is 0 Å². The van der Waals surface area contributed by atoms with Crippen molar-refractivity contribution in [3.63, 3.8) is 0 Å². The first-order valence-corrected chi connectivity index (χ1v) is 6.60. The largest absolute Gasteiger partial charge is 0.465 e. The number of nitrogen functional groups attached to an aromatic ring is 1. The number of nitrogens with two attached hydrogens (primary N) is 1. The second-order valence-corrected chi connectivity index (χ2v) is 4.72. The summed E-state index contributed by atoms with van der Waals surface area (Å²) in [6, 6.07) is 15.2. The zero-order valence-corrected chi connectivity index (χ0v) is 11.6. The normalized spacial score (nSPS) is 10.3. The van der Waals surface area contributed by atoms with E-state index in [1.165, 1.54) is 0 Å². The van der Waals surface area contributed by atoms with Gasteiger partial charge in [0.05, 0.1) is 13.2 Å². The van der Waals surface area contributed by atoms with Crippen LogP contribution in [0.5, 0.6) is 0 Å². The molecule has 2 aromatic carbocycles. The van der Waals surface area contributed by atoms with Crippen LogP contribution in [0.3, 0.4) is 0 Å². The minimum absolute atomic E-state index is 0.290. The topological polar surface area (TPSA) is 84.6 Å². The van der Waals surface area contributed by atoms with Crippen LogP contribution in [0.25, 0.3) is 0 Å². The summed E-state index contributed by atoms with van der Waals surface area (Å²) in [4.78, 5) is 10.5. The van der Waals surface area contributed by atoms with E-state index in [-0.39, 0.29) is 0 Å². The molecule has 0 heterocycles. The van der Waals surface area contributed by atoms with Gasteiger partial charge in [-0.05, 0) is 28.8 Å². The lowest BCUT2D eigenvalue weighted by Gasteiger charge is -2.07. The number of amides is 1. The summed E-state index contributed by atoms with van der Waals surface area (Å²) in [5.74, 6) is 0. The van der Waals surface area contributed by atoms with Crippen LogP contribution in [-0.4, -0.2) is 11.2 Å². The predicted molar refractivity (Wildman–Crippen MR) is 80.7 cm³/mol. The van der Waals surface area contributed by atoms with Crippen molar-refractivity contribution in [1.29, 1.82) is 0 Å². The summed E-state index contributed by atoms with van der Waals surface area (Å²) >= 11 is 0. The van der Waals surface area contributed by atoms with Gasteiger partial charge < -0.3 is 20.9 Å². The number of nitrogens with one attached hydrogen (secondary N) is 1. The molecule has 0 saturated heterocycles. The number of carbonyl (C=O) groups is 1. The highest BCUT2D eigenvalue weighted by atomic mass is 16.5. The second kappa shape index (κ2) is 7.31. The molecule has 110 valence electrons. The average Bonchev–Trinajstić information content (AvgIpc) is 2.46. The van der Waals surface area contributed by atoms with E-state index < -0.39 is 6.09 Å². The lowest BCUT2D eigenvalue weighted by atomic mass is 10.1. The molecule has 0 unspecified atom stereocenters. The maximum atomic E-state index is 10.5. The van der Waals surface area contributed by atoms with Gasteiger partial charge in [0.15, 0.2) is 0 Å². The minimum atomic E-state index is -1.03. The van der Waals surface area contributed by atoms with Gasteiger partial charge in [-0.3, -0.25) is 0 Å². The third-order valence-electron chi connectivity index (χ3n) is 2.92. The number of benzene rings is 2.